The van der Waals surface area contributed by atoms with Crippen molar-refractivity contribution < 1.29 is 14.3 Å². The smallest absolute Gasteiger partial charge is 0.414 e. The minimum atomic E-state index is -0.472. The number of hydrogen-bond acceptors (Lipinski definition) is 4. The molecule has 126 valence electrons. The van der Waals surface area contributed by atoms with Crippen LogP contribution < -0.4 is 10.2 Å². The minimum absolute atomic E-state index is 0.238. The highest BCUT2D eigenvalue weighted by Gasteiger charge is 2.29. The molecular weight excluding hydrogens is 292 g/mol. The first-order chi connectivity index (χ1) is 10.8. The maximum Gasteiger partial charge on any atom is 0.414 e. The van der Waals surface area contributed by atoms with E-state index in [0.717, 1.165) is 30.8 Å². The third kappa shape index (κ3) is 3.61. The summed E-state index contributed by atoms with van der Waals surface area (Å²) in [5.74, 6) is 0. The molecular formula is C18H26N2O3. The van der Waals surface area contributed by atoms with E-state index in [1.54, 1.807) is 4.90 Å². The number of benzene rings is 1. The van der Waals surface area contributed by atoms with Crippen LogP contribution in [0.15, 0.2) is 18.2 Å². The average molecular weight is 318 g/mol. The molecule has 0 saturated carbocycles. The molecule has 1 saturated heterocycles. The van der Waals surface area contributed by atoms with Crippen LogP contribution in [0.1, 0.15) is 39.7 Å². The molecule has 2 aliphatic heterocycles. The highest BCUT2D eigenvalue weighted by atomic mass is 16.6. The second kappa shape index (κ2) is 6.04. The lowest BCUT2D eigenvalue weighted by atomic mass is 10.1. The van der Waals surface area contributed by atoms with Gasteiger partial charge in [0, 0.05) is 18.8 Å². The maximum atomic E-state index is 12.3. The number of ether oxygens (including phenoxy) is 2. The van der Waals surface area contributed by atoms with E-state index in [4.69, 9.17) is 9.47 Å². The van der Waals surface area contributed by atoms with E-state index in [9.17, 15) is 4.79 Å². The van der Waals surface area contributed by atoms with Crippen molar-refractivity contribution in [3.05, 3.63) is 23.8 Å². The van der Waals surface area contributed by atoms with Crippen LogP contribution >= 0.6 is 0 Å². The minimum Gasteiger partial charge on any atom is -0.443 e. The van der Waals surface area contributed by atoms with Gasteiger partial charge in [0.1, 0.15) is 5.60 Å². The highest BCUT2D eigenvalue weighted by Crippen LogP contribution is 2.32. The van der Waals surface area contributed by atoms with E-state index in [2.05, 4.69) is 18.3 Å². The second-order valence-electron chi connectivity index (χ2n) is 7.34. The quantitative estimate of drug-likeness (QED) is 0.905. The third-order valence-electron chi connectivity index (χ3n) is 4.32. The monoisotopic (exact) mass is 318 g/mol. The Morgan fingerprint density at radius 1 is 1.39 bits per heavy atom. The lowest BCUT2D eigenvalue weighted by Gasteiger charge is -2.25. The predicted molar refractivity (Wildman–Crippen MR) is 91.2 cm³/mol. The van der Waals surface area contributed by atoms with Crippen LogP contribution in [0.3, 0.4) is 0 Å². The molecule has 1 fully saturated rings. The van der Waals surface area contributed by atoms with Crippen LogP contribution in [0.4, 0.5) is 16.2 Å². The summed E-state index contributed by atoms with van der Waals surface area (Å²) in [6, 6.07) is 6.54. The fraction of sp³-hybridized carbons (Fsp3) is 0.611. The summed E-state index contributed by atoms with van der Waals surface area (Å²) in [5, 5.41) is 3.54. The van der Waals surface area contributed by atoms with Crippen molar-refractivity contribution in [1.82, 2.24) is 0 Å². The molecule has 1 aromatic carbocycles. The summed E-state index contributed by atoms with van der Waals surface area (Å²) in [7, 11) is 0. The molecule has 2 heterocycles. The summed E-state index contributed by atoms with van der Waals surface area (Å²) in [6.07, 6.45) is 1.86. The topological polar surface area (TPSA) is 50.8 Å². The zero-order valence-corrected chi connectivity index (χ0v) is 14.4. The Balaban J connectivity index is 1.71. The van der Waals surface area contributed by atoms with E-state index < -0.39 is 5.60 Å². The Kier molecular flexibility index (Phi) is 4.23. The molecule has 0 spiro atoms. The Bertz CT molecular complexity index is 594. The number of anilines is 2. The summed E-state index contributed by atoms with van der Waals surface area (Å²) in [5.41, 5.74) is 2.77. The van der Waals surface area contributed by atoms with E-state index in [1.807, 2.05) is 32.9 Å². The third-order valence-corrected chi connectivity index (χ3v) is 4.32. The Hall–Kier alpha value is -1.75. The van der Waals surface area contributed by atoms with Crippen LogP contribution in [0.25, 0.3) is 0 Å². The number of fused-ring (bicyclic) bond motifs is 1. The summed E-state index contributed by atoms with van der Waals surface area (Å²) >= 11 is 0. The van der Waals surface area contributed by atoms with Crippen molar-refractivity contribution >= 4 is 17.5 Å². The van der Waals surface area contributed by atoms with Gasteiger partial charge in [0.15, 0.2) is 0 Å². The fourth-order valence-electron chi connectivity index (χ4n) is 3.13. The van der Waals surface area contributed by atoms with Gasteiger partial charge in [-0.1, -0.05) is 0 Å². The first kappa shape index (κ1) is 16.1. The molecule has 3 rings (SSSR count). The van der Waals surface area contributed by atoms with Crippen LogP contribution in [0.5, 0.6) is 0 Å². The van der Waals surface area contributed by atoms with E-state index in [-0.39, 0.29) is 12.2 Å². The Morgan fingerprint density at radius 3 is 2.83 bits per heavy atom. The van der Waals surface area contributed by atoms with Gasteiger partial charge < -0.3 is 14.8 Å². The molecule has 0 bridgehead atoms. The standard InChI is InChI=1S/C18H26N2O3/c1-12-15(8-10-22-12)19-14-5-6-16-13(11-14)7-9-20(16)17(21)23-18(2,3)4/h5-6,11-12,15,19H,7-10H2,1-4H3/t12-,15-/m1/s1. The van der Waals surface area contributed by atoms with Gasteiger partial charge in [-0.2, -0.15) is 0 Å². The molecule has 5 heteroatoms. The molecule has 0 unspecified atom stereocenters. The lowest BCUT2D eigenvalue weighted by Crippen LogP contribution is -2.35. The molecule has 1 N–H and O–H groups in total. The number of carbonyl (C=O) groups excluding carboxylic acids is 1. The fourth-order valence-corrected chi connectivity index (χ4v) is 3.13. The van der Waals surface area contributed by atoms with Crippen molar-refractivity contribution in [3.8, 4) is 0 Å². The maximum absolute atomic E-state index is 12.3. The van der Waals surface area contributed by atoms with E-state index in [1.165, 1.54) is 5.56 Å². The molecule has 1 aromatic rings. The van der Waals surface area contributed by atoms with Crippen LogP contribution in [0.2, 0.25) is 0 Å². The van der Waals surface area contributed by atoms with Crippen molar-refractivity contribution in [1.29, 1.82) is 0 Å². The SMILES string of the molecule is C[C@H]1OCC[C@H]1Nc1ccc2c(c1)CCN2C(=O)OC(C)(C)C. The van der Waals surface area contributed by atoms with Crippen molar-refractivity contribution in [2.24, 2.45) is 0 Å². The van der Waals surface area contributed by atoms with Gasteiger partial charge in [0.25, 0.3) is 0 Å². The molecule has 2 atom stereocenters. The average Bonchev–Trinajstić information content (AvgIpc) is 3.03. The number of carbonyl (C=O) groups is 1. The van der Waals surface area contributed by atoms with Crippen molar-refractivity contribution in [2.45, 2.75) is 58.3 Å². The zero-order valence-electron chi connectivity index (χ0n) is 14.4. The number of rotatable bonds is 2. The summed E-state index contributed by atoms with van der Waals surface area (Å²) in [6.45, 7) is 9.26. The number of nitrogens with one attached hydrogen (secondary N) is 1. The lowest BCUT2D eigenvalue weighted by molar-refractivity contribution is 0.0584. The van der Waals surface area contributed by atoms with Crippen LogP contribution in [-0.2, 0) is 15.9 Å². The van der Waals surface area contributed by atoms with Crippen LogP contribution in [-0.4, -0.2) is 37.0 Å². The summed E-state index contributed by atoms with van der Waals surface area (Å²) in [4.78, 5) is 14.0. The highest BCUT2D eigenvalue weighted by molar-refractivity contribution is 5.91. The second-order valence-corrected chi connectivity index (χ2v) is 7.34. The first-order valence-corrected chi connectivity index (χ1v) is 8.35. The van der Waals surface area contributed by atoms with Gasteiger partial charge in [0.05, 0.1) is 17.8 Å². The number of amides is 1. The van der Waals surface area contributed by atoms with Gasteiger partial charge in [-0.25, -0.2) is 4.79 Å². The normalized spacial score (nSPS) is 23.7. The molecule has 0 aliphatic carbocycles. The molecule has 0 aromatic heterocycles. The molecule has 2 aliphatic rings. The van der Waals surface area contributed by atoms with Gasteiger partial charge in [-0.3, -0.25) is 4.90 Å². The van der Waals surface area contributed by atoms with Gasteiger partial charge in [0.2, 0.25) is 0 Å². The molecule has 23 heavy (non-hydrogen) atoms. The van der Waals surface area contributed by atoms with E-state index in [0.29, 0.717) is 12.6 Å². The summed E-state index contributed by atoms with van der Waals surface area (Å²) < 4.78 is 11.1. The largest absolute Gasteiger partial charge is 0.443 e. The van der Waals surface area contributed by atoms with Gasteiger partial charge in [-0.05, 0) is 64.3 Å². The molecule has 5 nitrogen and oxygen atoms in total. The number of nitrogens with zero attached hydrogens (tertiary/aromatic N) is 1. The number of hydrogen-bond donors (Lipinski definition) is 1. The van der Waals surface area contributed by atoms with Gasteiger partial charge in [-0.15, -0.1) is 0 Å². The predicted octanol–water partition coefficient (Wildman–Crippen LogP) is 3.57. The van der Waals surface area contributed by atoms with Crippen LogP contribution in [0, 0.1) is 0 Å². The molecule has 1 amide bonds. The van der Waals surface area contributed by atoms with Crippen molar-refractivity contribution in [3.63, 3.8) is 0 Å². The van der Waals surface area contributed by atoms with Gasteiger partial charge >= 0.3 is 6.09 Å². The zero-order chi connectivity index (χ0) is 16.6. The first-order valence-electron chi connectivity index (χ1n) is 8.35. The Morgan fingerprint density at radius 2 is 2.17 bits per heavy atom. The van der Waals surface area contributed by atoms with E-state index >= 15 is 0 Å². The van der Waals surface area contributed by atoms with Crippen molar-refractivity contribution in [2.75, 3.05) is 23.4 Å². The molecule has 0 radical (unpaired) electrons. The Labute approximate surface area is 137 Å².